The molecule has 2 N–H and O–H groups in total. The van der Waals surface area contributed by atoms with Gasteiger partial charge in [0.2, 0.25) is 0 Å². The van der Waals surface area contributed by atoms with E-state index in [9.17, 15) is 9.59 Å². The van der Waals surface area contributed by atoms with Crippen LogP contribution in [0.25, 0.3) is 0 Å². The van der Waals surface area contributed by atoms with Gasteiger partial charge >= 0.3 is 12.0 Å². The monoisotopic (exact) mass is 298 g/mol. The zero-order valence-electron chi connectivity index (χ0n) is 11.4. The number of halogens is 1. The van der Waals surface area contributed by atoms with Crippen LogP contribution in [-0.2, 0) is 9.53 Å². The Morgan fingerprint density at radius 1 is 1.15 bits per heavy atom. The molecule has 0 saturated heterocycles. The van der Waals surface area contributed by atoms with Gasteiger partial charge in [-0.25, -0.2) is 4.79 Å². The number of carbonyl (C=O) groups is 2. The van der Waals surface area contributed by atoms with Crippen molar-refractivity contribution in [2.45, 2.75) is 25.7 Å². The number of hydrogen-bond donors (Lipinski definition) is 2. The number of unbranched alkanes of at least 4 members (excludes halogenated alkanes) is 2. The number of esters is 1. The second-order valence-electron chi connectivity index (χ2n) is 4.27. The topological polar surface area (TPSA) is 67.4 Å². The van der Waals surface area contributed by atoms with Gasteiger partial charge in [0.1, 0.15) is 0 Å². The third kappa shape index (κ3) is 6.99. The summed E-state index contributed by atoms with van der Waals surface area (Å²) in [5, 5.41) is 6.08. The molecule has 0 aliphatic rings. The molecule has 0 aromatic heterocycles. The van der Waals surface area contributed by atoms with Crippen molar-refractivity contribution in [3.63, 3.8) is 0 Å². The fraction of sp³-hybridized carbons (Fsp3) is 0.429. The van der Waals surface area contributed by atoms with E-state index in [-0.39, 0.29) is 12.0 Å². The predicted octanol–water partition coefficient (Wildman–Crippen LogP) is 3.19. The lowest BCUT2D eigenvalue weighted by atomic mass is 10.2. The molecule has 0 atom stereocenters. The lowest BCUT2D eigenvalue weighted by Gasteiger charge is -2.07. The smallest absolute Gasteiger partial charge is 0.319 e. The van der Waals surface area contributed by atoms with Crippen LogP contribution in [0.3, 0.4) is 0 Å². The molecule has 110 valence electrons. The van der Waals surface area contributed by atoms with E-state index in [4.69, 9.17) is 11.6 Å². The fourth-order valence-electron chi connectivity index (χ4n) is 1.58. The molecule has 0 aliphatic carbocycles. The number of urea groups is 1. The molecule has 0 radical (unpaired) electrons. The number of hydrogen-bond acceptors (Lipinski definition) is 3. The molecule has 2 amide bonds. The first-order valence-corrected chi connectivity index (χ1v) is 6.87. The van der Waals surface area contributed by atoms with E-state index in [1.54, 1.807) is 24.3 Å². The maximum Gasteiger partial charge on any atom is 0.319 e. The lowest BCUT2D eigenvalue weighted by Crippen LogP contribution is -2.29. The number of benzene rings is 1. The highest BCUT2D eigenvalue weighted by Gasteiger charge is 2.02. The molecule has 0 spiro atoms. The molecular formula is C14H19ClN2O3. The zero-order chi connectivity index (χ0) is 14.8. The Morgan fingerprint density at radius 2 is 1.85 bits per heavy atom. The zero-order valence-corrected chi connectivity index (χ0v) is 12.2. The minimum atomic E-state index is -0.250. The van der Waals surface area contributed by atoms with E-state index in [0.29, 0.717) is 23.7 Å². The van der Waals surface area contributed by atoms with E-state index in [1.807, 2.05) is 0 Å². The van der Waals surface area contributed by atoms with Gasteiger partial charge in [0.05, 0.1) is 7.11 Å². The maximum absolute atomic E-state index is 11.6. The largest absolute Gasteiger partial charge is 0.469 e. The summed E-state index contributed by atoms with van der Waals surface area (Å²) in [4.78, 5) is 22.4. The van der Waals surface area contributed by atoms with Gasteiger partial charge in [0, 0.05) is 23.7 Å². The summed E-state index contributed by atoms with van der Waals surface area (Å²) in [6, 6.07) is 6.64. The Bertz CT molecular complexity index is 435. The van der Waals surface area contributed by atoms with Crippen molar-refractivity contribution in [1.82, 2.24) is 5.32 Å². The minimum absolute atomic E-state index is 0.196. The van der Waals surface area contributed by atoms with Gasteiger partial charge in [0.25, 0.3) is 0 Å². The van der Waals surface area contributed by atoms with Crippen LogP contribution < -0.4 is 10.6 Å². The normalized spacial score (nSPS) is 9.90. The molecule has 1 aromatic carbocycles. The second kappa shape index (κ2) is 9.20. The van der Waals surface area contributed by atoms with Crippen LogP contribution >= 0.6 is 11.6 Å². The summed E-state index contributed by atoms with van der Waals surface area (Å²) in [6.07, 6.45) is 2.89. The number of anilines is 1. The SMILES string of the molecule is COC(=O)CCCCCNC(=O)Nc1ccc(Cl)cc1. The summed E-state index contributed by atoms with van der Waals surface area (Å²) >= 11 is 5.75. The van der Waals surface area contributed by atoms with E-state index in [2.05, 4.69) is 15.4 Å². The van der Waals surface area contributed by atoms with Crippen LogP contribution in [0, 0.1) is 0 Å². The van der Waals surface area contributed by atoms with E-state index in [0.717, 1.165) is 19.3 Å². The molecule has 0 heterocycles. The van der Waals surface area contributed by atoms with Gasteiger partial charge in [-0.1, -0.05) is 18.0 Å². The third-order valence-corrected chi connectivity index (χ3v) is 2.92. The number of amides is 2. The second-order valence-corrected chi connectivity index (χ2v) is 4.71. The van der Waals surface area contributed by atoms with E-state index < -0.39 is 0 Å². The predicted molar refractivity (Wildman–Crippen MR) is 79.0 cm³/mol. The molecule has 1 aromatic rings. The molecule has 0 fully saturated rings. The van der Waals surface area contributed by atoms with Gasteiger partial charge in [-0.15, -0.1) is 0 Å². The van der Waals surface area contributed by atoms with Crippen molar-refractivity contribution >= 4 is 29.3 Å². The minimum Gasteiger partial charge on any atom is -0.469 e. The molecule has 0 aliphatic heterocycles. The molecule has 0 unspecified atom stereocenters. The van der Waals surface area contributed by atoms with Crippen molar-refractivity contribution in [2.75, 3.05) is 19.0 Å². The first-order chi connectivity index (χ1) is 9.61. The fourth-order valence-corrected chi connectivity index (χ4v) is 1.71. The Hall–Kier alpha value is -1.75. The van der Waals surface area contributed by atoms with Crippen LogP contribution in [0.4, 0.5) is 10.5 Å². The van der Waals surface area contributed by atoms with E-state index in [1.165, 1.54) is 7.11 Å². The van der Waals surface area contributed by atoms with Crippen LogP contribution in [0.1, 0.15) is 25.7 Å². The Morgan fingerprint density at radius 3 is 2.50 bits per heavy atom. The molecule has 0 bridgehead atoms. The number of ether oxygens (including phenoxy) is 1. The molecule has 5 nitrogen and oxygen atoms in total. The lowest BCUT2D eigenvalue weighted by molar-refractivity contribution is -0.140. The van der Waals surface area contributed by atoms with Crippen molar-refractivity contribution in [1.29, 1.82) is 0 Å². The van der Waals surface area contributed by atoms with Crippen molar-refractivity contribution < 1.29 is 14.3 Å². The number of rotatable bonds is 7. The molecule has 6 heteroatoms. The number of nitrogens with one attached hydrogen (secondary N) is 2. The molecule has 0 saturated carbocycles. The van der Waals surface area contributed by atoms with Crippen molar-refractivity contribution in [3.05, 3.63) is 29.3 Å². The average Bonchev–Trinajstić information content (AvgIpc) is 2.44. The van der Waals surface area contributed by atoms with Crippen LogP contribution in [0.15, 0.2) is 24.3 Å². The number of methoxy groups -OCH3 is 1. The molecule has 1 rings (SSSR count). The van der Waals surface area contributed by atoms with Crippen LogP contribution in [0.2, 0.25) is 5.02 Å². The van der Waals surface area contributed by atoms with Crippen molar-refractivity contribution in [2.24, 2.45) is 0 Å². The highest BCUT2D eigenvalue weighted by atomic mass is 35.5. The quantitative estimate of drug-likeness (QED) is 0.600. The summed E-state index contributed by atoms with van der Waals surface area (Å²) in [6.45, 7) is 0.570. The summed E-state index contributed by atoms with van der Waals surface area (Å²) in [5.74, 6) is -0.196. The van der Waals surface area contributed by atoms with Crippen molar-refractivity contribution in [3.8, 4) is 0 Å². The highest BCUT2D eigenvalue weighted by molar-refractivity contribution is 6.30. The Kier molecular flexibility index (Phi) is 7.50. The van der Waals surface area contributed by atoms with E-state index >= 15 is 0 Å². The first kappa shape index (κ1) is 16.3. The molecular weight excluding hydrogens is 280 g/mol. The summed E-state index contributed by atoms with van der Waals surface area (Å²) in [5.41, 5.74) is 0.692. The van der Waals surface area contributed by atoms with Gasteiger partial charge in [0.15, 0.2) is 0 Å². The Balaban J connectivity index is 2.08. The third-order valence-electron chi connectivity index (χ3n) is 2.67. The Labute approximate surface area is 123 Å². The van der Waals surface area contributed by atoms with Gasteiger partial charge in [-0.3, -0.25) is 4.79 Å². The highest BCUT2D eigenvalue weighted by Crippen LogP contribution is 2.13. The summed E-state index contributed by atoms with van der Waals surface area (Å²) < 4.78 is 4.54. The van der Waals surface area contributed by atoms with Crippen LogP contribution in [0.5, 0.6) is 0 Å². The van der Waals surface area contributed by atoms with Gasteiger partial charge in [-0.2, -0.15) is 0 Å². The van der Waals surface area contributed by atoms with Crippen LogP contribution in [-0.4, -0.2) is 25.7 Å². The maximum atomic E-state index is 11.6. The first-order valence-electron chi connectivity index (χ1n) is 6.49. The average molecular weight is 299 g/mol. The number of carbonyl (C=O) groups excluding carboxylic acids is 2. The van der Waals surface area contributed by atoms with Gasteiger partial charge in [-0.05, 0) is 37.1 Å². The molecule has 20 heavy (non-hydrogen) atoms. The van der Waals surface area contributed by atoms with Gasteiger partial charge < -0.3 is 15.4 Å². The summed E-state index contributed by atoms with van der Waals surface area (Å²) in [7, 11) is 1.38. The standard InChI is InChI=1S/C14H19ClN2O3/c1-20-13(18)5-3-2-4-10-16-14(19)17-12-8-6-11(15)7-9-12/h6-9H,2-5,10H2,1H3,(H2,16,17,19).